The lowest BCUT2D eigenvalue weighted by molar-refractivity contribution is -0.138. The lowest BCUT2D eigenvalue weighted by Gasteiger charge is -2.35. The van der Waals surface area contributed by atoms with Crippen molar-refractivity contribution in [3.8, 4) is 11.5 Å². The molecule has 0 bridgehead atoms. The Morgan fingerprint density at radius 3 is 2.54 bits per heavy atom. The van der Waals surface area contributed by atoms with Gasteiger partial charge in [0.2, 0.25) is 0 Å². The number of phenolic OH excluding ortho intramolecular Hbond substituents is 2. The number of carbonyl (C=O) groups is 3. The number of phenols is 2. The van der Waals surface area contributed by atoms with Gasteiger partial charge in [-0.25, -0.2) is 14.3 Å². The van der Waals surface area contributed by atoms with E-state index < -0.39 is 40.0 Å². The summed E-state index contributed by atoms with van der Waals surface area (Å²) < 4.78 is 24.9. The molecule has 1 aliphatic rings. The minimum Gasteiger partial charge on any atom is -0.504 e. The molecule has 0 aromatic heterocycles. The Hall–Kier alpha value is -3.55. The van der Waals surface area contributed by atoms with Crippen LogP contribution in [-0.2, 0) is 15.0 Å². The maximum atomic E-state index is 11.7. The van der Waals surface area contributed by atoms with Crippen LogP contribution in [0.25, 0.3) is 0 Å². The SMILES string of the molecule is O=C(O)N[C@H]1CN(C(=O)NS(=O)(=O)NN=Cc2ccc(O)c(O)c2)C1=O. The fraction of sp³-hybridized carbons (Fsp3) is 0.167. The Morgan fingerprint density at radius 2 is 1.96 bits per heavy atom. The summed E-state index contributed by atoms with van der Waals surface area (Å²) in [5.74, 6) is -1.71. The molecule has 1 aromatic carbocycles. The monoisotopic (exact) mass is 387 g/mol. The number of nitrogens with zero attached hydrogens (tertiary/aromatic N) is 2. The lowest BCUT2D eigenvalue weighted by Crippen LogP contribution is -2.67. The number of urea groups is 1. The summed E-state index contributed by atoms with van der Waals surface area (Å²) in [5, 5.41) is 32.1. The molecule has 1 aliphatic heterocycles. The van der Waals surface area contributed by atoms with Crippen molar-refractivity contribution in [3.05, 3.63) is 23.8 Å². The van der Waals surface area contributed by atoms with Gasteiger partial charge in [-0.1, -0.05) is 0 Å². The number of hydrogen-bond donors (Lipinski definition) is 6. The molecule has 0 saturated carbocycles. The van der Waals surface area contributed by atoms with E-state index >= 15 is 0 Å². The van der Waals surface area contributed by atoms with E-state index in [1.165, 1.54) is 10.8 Å². The molecule has 13 nitrogen and oxygen atoms in total. The molecule has 1 heterocycles. The first-order valence-electron chi connectivity index (χ1n) is 6.78. The van der Waals surface area contributed by atoms with Crippen LogP contribution in [0.15, 0.2) is 23.3 Å². The van der Waals surface area contributed by atoms with Crippen LogP contribution in [-0.4, -0.2) is 65.5 Å². The fourth-order valence-corrected chi connectivity index (χ4v) is 2.43. The average Bonchev–Trinajstić information content (AvgIpc) is 2.53. The van der Waals surface area contributed by atoms with E-state index in [0.29, 0.717) is 4.90 Å². The molecule has 0 aliphatic carbocycles. The molecule has 26 heavy (non-hydrogen) atoms. The van der Waals surface area contributed by atoms with Gasteiger partial charge in [0.1, 0.15) is 6.04 Å². The number of hydrogen-bond acceptors (Lipinski definition) is 8. The summed E-state index contributed by atoms with van der Waals surface area (Å²) in [4.78, 5) is 35.8. The second-order valence-corrected chi connectivity index (χ2v) is 6.35. The predicted molar refractivity (Wildman–Crippen MR) is 84.6 cm³/mol. The molecule has 0 spiro atoms. The third-order valence-corrected chi connectivity index (χ3v) is 3.87. The topological polar surface area (TPSA) is 198 Å². The van der Waals surface area contributed by atoms with Crippen LogP contribution in [0.4, 0.5) is 9.59 Å². The van der Waals surface area contributed by atoms with Crippen molar-refractivity contribution in [1.82, 2.24) is 19.8 Å². The first-order valence-corrected chi connectivity index (χ1v) is 8.27. The number of hydrazone groups is 1. The number of benzene rings is 1. The summed E-state index contributed by atoms with van der Waals surface area (Å²) in [6.45, 7) is -0.317. The Morgan fingerprint density at radius 1 is 1.27 bits per heavy atom. The van der Waals surface area contributed by atoms with E-state index in [2.05, 4.69) is 5.10 Å². The van der Waals surface area contributed by atoms with Crippen LogP contribution in [0.1, 0.15) is 5.56 Å². The van der Waals surface area contributed by atoms with Gasteiger partial charge in [-0.15, -0.1) is 0 Å². The Labute approximate surface area is 146 Å². The molecule has 1 fully saturated rings. The first-order chi connectivity index (χ1) is 12.1. The van der Waals surface area contributed by atoms with E-state index in [1.807, 2.05) is 5.32 Å². The first kappa shape index (κ1) is 18.8. The zero-order chi connectivity index (χ0) is 19.5. The number of carboxylic acid groups (broad SMARTS) is 1. The number of amides is 4. The number of nitrogens with one attached hydrogen (secondary N) is 3. The van der Waals surface area contributed by atoms with E-state index in [-0.39, 0.29) is 17.9 Å². The molecule has 1 atom stereocenters. The number of likely N-dealkylation sites (tertiary alicyclic amines) is 1. The molecule has 140 valence electrons. The van der Waals surface area contributed by atoms with Crippen molar-refractivity contribution in [2.45, 2.75) is 6.04 Å². The van der Waals surface area contributed by atoms with Gasteiger partial charge in [0.15, 0.2) is 11.5 Å². The molecule has 2 rings (SSSR count). The highest BCUT2D eigenvalue weighted by Gasteiger charge is 2.42. The lowest BCUT2D eigenvalue weighted by atomic mass is 10.1. The normalized spacial score (nSPS) is 16.8. The highest BCUT2D eigenvalue weighted by Crippen LogP contribution is 2.23. The second-order valence-electron chi connectivity index (χ2n) is 4.96. The quantitative estimate of drug-likeness (QED) is 0.151. The molecule has 0 unspecified atom stereocenters. The Balaban J connectivity index is 1.89. The number of carbonyl (C=O) groups excluding carboxylic acids is 2. The van der Waals surface area contributed by atoms with Gasteiger partial charge in [0.05, 0.1) is 12.8 Å². The van der Waals surface area contributed by atoms with Gasteiger partial charge >= 0.3 is 22.3 Å². The minimum atomic E-state index is -4.44. The number of β-lactam (4-membered cyclic amide) rings is 1. The molecule has 1 saturated heterocycles. The van der Waals surface area contributed by atoms with Crippen LogP contribution >= 0.6 is 0 Å². The van der Waals surface area contributed by atoms with E-state index in [9.17, 15) is 27.9 Å². The second kappa shape index (κ2) is 7.14. The number of imide groups is 1. The van der Waals surface area contributed by atoms with Crippen molar-refractivity contribution in [2.75, 3.05) is 6.54 Å². The summed E-state index contributed by atoms with van der Waals surface area (Å²) in [6.07, 6.45) is -0.461. The molecular weight excluding hydrogens is 374 g/mol. The number of aromatic hydroxyl groups is 2. The van der Waals surface area contributed by atoms with Crippen molar-refractivity contribution in [2.24, 2.45) is 5.10 Å². The van der Waals surface area contributed by atoms with E-state index in [1.54, 1.807) is 4.83 Å². The van der Waals surface area contributed by atoms with Crippen molar-refractivity contribution in [1.29, 1.82) is 0 Å². The largest absolute Gasteiger partial charge is 0.504 e. The maximum Gasteiger partial charge on any atom is 0.405 e. The Kier molecular flexibility index (Phi) is 5.16. The fourth-order valence-electron chi connectivity index (χ4n) is 1.85. The summed E-state index contributed by atoms with van der Waals surface area (Å²) >= 11 is 0. The minimum absolute atomic E-state index is 0.245. The summed E-state index contributed by atoms with van der Waals surface area (Å²) in [7, 11) is -4.44. The van der Waals surface area contributed by atoms with Crippen LogP contribution in [0.5, 0.6) is 11.5 Å². The molecular formula is C12H13N5O8S. The van der Waals surface area contributed by atoms with Crippen molar-refractivity contribution < 1.29 is 38.1 Å². The van der Waals surface area contributed by atoms with Gasteiger partial charge in [0, 0.05) is 0 Å². The molecule has 6 N–H and O–H groups in total. The zero-order valence-corrected chi connectivity index (χ0v) is 13.6. The maximum absolute atomic E-state index is 11.7. The van der Waals surface area contributed by atoms with Gasteiger partial charge in [-0.3, -0.25) is 9.69 Å². The van der Waals surface area contributed by atoms with Gasteiger partial charge in [0.25, 0.3) is 5.91 Å². The van der Waals surface area contributed by atoms with E-state index in [0.717, 1.165) is 18.3 Å². The molecule has 0 radical (unpaired) electrons. The predicted octanol–water partition coefficient (Wildman–Crippen LogP) is -1.55. The standard InChI is InChI=1S/C12H13N5O8S/c18-8-2-1-6(3-9(8)19)4-13-16-26(24,25)15-11(21)17-5-7(10(17)20)14-12(22)23/h1-4,7,14,16,18-19H,5H2,(H,15,21)(H,22,23)/t7-/m0/s1. The zero-order valence-electron chi connectivity index (χ0n) is 12.8. The van der Waals surface area contributed by atoms with Crippen LogP contribution in [0, 0.1) is 0 Å². The third-order valence-electron chi connectivity index (χ3n) is 3.08. The Bertz CT molecular complexity index is 884. The van der Waals surface area contributed by atoms with Crippen molar-refractivity contribution in [3.63, 3.8) is 0 Å². The highest BCUT2D eigenvalue weighted by atomic mass is 32.2. The van der Waals surface area contributed by atoms with Gasteiger partial charge in [-0.05, 0) is 23.8 Å². The van der Waals surface area contributed by atoms with Gasteiger partial charge < -0.3 is 20.6 Å². The molecule has 14 heteroatoms. The van der Waals surface area contributed by atoms with Crippen LogP contribution in [0.2, 0.25) is 0 Å². The third kappa shape index (κ3) is 4.50. The molecule has 1 aromatic rings. The summed E-state index contributed by atoms with van der Waals surface area (Å²) in [6, 6.07) is 1.21. The van der Waals surface area contributed by atoms with Crippen LogP contribution < -0.4 is 14.9 Å². The van der Waals surface area contributed by atoms with Gasteiger partial charge in [-0.2, -0.15) is 18.4 Å². The highest BCUT2D eigenvalue weighted by molar-refractivity contribution is 7.88. The van der Waals surface area contributed by atoms with Crippen LogP contribution in [0.3, 0.4) is 0 Å². The van der Waals surface area contributed by atoms with E-state index in [4.69, 9.17) is 10.2 Å². The number of rotatable bonds is 5. The molecule has 4 amide bonds. The smallest absolute Gasteiger partial charge is 0.405 e. The average molecular weight is 387 g/mol. The van der Waals surface area contributed by atoms with Crippen molar-refractivity contribution >= 4 is 34.5 Å². The summed E-state index contributed by atoms with van der Waals surface area (Å²) in [5.41, 5.74) is 0.245.